The van der Waals surface area contributed by atoms with E-state index in [1.54, 1.807) is 24.3 Å². The molecule has 3 heterocycles. The van der Waals surface area contributed by atoms with Crippen LogP contribution >= 0.6 is 11.3 Å². The van der Waals surface area contributed by atoms with Gasteiger partial charge in [-0.2, -0.15) is 0 Å². The second-order valence-corrected chi connectivity index (χ2v) is 7.43. The summed E-state index contributed by atoms with van der Waals surface area (Å²) in [6, 6.07) is 9.97. The summed E-state index contributed by atoms with van der Waals surface area (Å²) >= 11 is 1.17. The average Bonchev–Trinajstić information content (AvgIpc) is 3.36. The molecule has 0 saturated heterocycles. The van der Waals surface area contributed by atoms with Crippen molar-refractivity contribution < 1.29 is 18.3 Å². The summed E-state index contributed by atoms with van der Waals surface area (Å²) in [5.74, 6) is -0.544. The molecule has 2 aromatic heterocycles. The van der Waals surface area contributed by atoms with Gasteiger partial charge in [-0.25, -0.2) is 4.39 Å². The lowest BCUT2D eigenvalue weighted by atomic mass is 9.98. The fourth-order valence-corrected chi connectivity index (χ4v) is 4.26. The maximum Gasteiger partial charge on any atom is 0.297 e. The van der Waals surface area contributed by atoms with E-state index in [2.05, 4.69) is 10.2 Å². The summed E-state index contributed by atoms with van der Waals surface area (Å²) in [6.07, 6.45) is 0. The number of fused-ring (bicyclic) bond motifs is 2. The van der Waals surface area contributed by atoms with Gasteiger partial charge in [-0.05, 0) is 42.8 Å². The van der Waals surface area contributed by atoms with Gasteiger partial charge >= 0.3 is 0 Å². The Labute approximate surface area is 173 Å². The summed E-state index contributed by atoms with van der Waals surface area (Å²) in [7, 11) is 0. The first-order valence-electron chi connectivity index (χ1n) is 9.17. The van der Waals surface area contributed by atoms with Crippen molar-refractivity contribution in [1.82, 2.24) is 10.2 Å². The SMILES string of the molecule is CCOc1cccc(C2c3c(oc4ccc(F)cc4c3=O)C(=O)N2c2nncs2)c1. The normalized spacial score (nSPS) is 15.6. The number of hydrogen-bond acceptors (Lipinski definition) is 7. The molecule has 150 valence electrons. The fraction of sp³-hybridized carbons (Fsp3) is 0.143. The first kappa shape index (κ1) is 18.4. The molecule has 30 heavy (non-hydrogen) atoms. The van der Waals surface area contributed by atoms with Crippen LogP contribution < -0.4 is 15.1 Å². The molecule has 0 bridgehead atoms. The molecule has 1 aliphatic heterocycles. The quantitative estimate of drug-likeness (QED) is 0.494. The van der Waals surface area contributed by atoms with Gasteiger partial charge in [0.2, 0.25) is 10.9 Å². The topological polar surface area (TPSA) is 85.5 Å². The van der Waals surface area contributed by atoms with Crippen LogP contribution in [0.3, 0.4) is 0 Å². The van der Waals surface area contributed by atoms with Gasteiger partial charge in [0, 0.05) is 0 Å². The van der Waals surface area contributed by atoms with Crippen molar-refractivity contribution in [2.24, 2.45) is 0 Å². The molecule has 0 N–H and O–H groups in total. The molecule has 1 aliphatic rings. The van der Waals surface area contributed by atoms with Crippen LogP contribution in [-0.4, -0.2) is 22.7 Å². The number of carbonyl (C=O) groups is 1. The van der Waals surface area contributed by atoms with E-state index in [9.17, 15) is 14.0 Å². The summed E-state index contributed by atoms with van der Waals surface area (Å²) in [6.45, 7) is 2.33. The van der Waals surface area contributed by atoms with E-state index in [1.807, 2.05) is 6.92 Å². The molecule has 0 saturated carbocycles. The van der Waals surface area contributed by atoms with Crippen LogP contribution in [0.4, 0.5) is 9.52 Å². The molecule has 7 nitrogen and oxygen atoms in total. The molecule has 4 aromatic rings. The highest BCUT2D eigenvalue weighted by atomic mass is 32.1. The molecule has 1 amide bonds. The maximum absolute atomic E-state index is 13.8. The Morgan fingerprint density at radius 1 is 1.23 bits per heavy atom. The van der Waals surface area contributed by atoms with Gasteiger partial charge in [-0.3, -0.25) is 14.5 Å². The third-order valence-corrected chi connectivity index (χ3v) is 5.56. The molecule has 1 unspecified atom stereocenters. The molecule has 0 aliphatic carbocycles. The number of hydrogen-bond donors (Lipinski definition) is 0. The maximum atomic E-state index is 13.8. The molecule has 0 spiro atoms. The minimum atomic E-state index is -0.801. The van der Waals surface area contributed by atoms with Gasteiger partial charge in [0.05, 0.1) is 23.6 Å². The van der Waals surface area contributed by atoms with E-state index in [0.29, 0.717) is 23.1 Å². The van der Waals surface area contributed by atoms with Crippen LogP contribution in [0.15, 0.2) is 57.2 Å². The number of benzene rings is 2. The second-order valence-electron chi connectivity index (χ2n) is 6.62. The smallest absolute Gasteiger partial charge is 0.297 e. The Morgan fingerprint density at radius 3 is 2.87 bits per heavy atom. The number of amides is 1. The van der Waals surface area contributed by atoms with Crippen LogP contribution in [0.2, 0.25) is 0 Å². The van der Waals surface area contributed by atoms with Crippen LogP contribution in [0, 0.1) is 5.82 Å². The molecule has 5 rings (SSSR count). The minimum Gasteiger partial charge on any atom is -0.494 e. The average molecular weight is 423 g/mol. The lowest BCUT2D eigenvalue weighted by Gasteiger charge is -2.22. The number of anilines is 1. The van der Waals surface area contributed by atoms with Gasteiger partial charge in [0.15, 0.2) is 5.43 Å². The summed E-state index contributed by atoms with van der Waals surface area (Å²) in [5.41, 5.74) is 1.97. The molecule has 0 fully saturated rings. The zero-order valence-electron chi connectivity index (χ0n) is 15.7. The van der Waals surface area contributed by atoms with Crippen molar-refractivity contribution in [1.29, 1.82) is 0 Å². The lowest BCUT2D eigenvalue weighted by Crippen LogP contribution is -2.29. The Hall–Kier alpha value is -3.59. The standard InChI is InChI=1S/C21H14FN3O4S/c1-2-28-13-5-3-4-11(8-13)17-16-18(26)14-9-12(22)6-7-15(14)29-19(16)20(27)25(17)21-24-23-10-30-21/h3-10,17H,2H2,1H3. The van der Waals surface area contributed by atoms with Crippen LogP contribution in [-0.2, 0) is 0 Å². The number of ether oxygens (including phenoxy) is 1. The zero-order chi connectivity index (χ0) is 20.8. The van der Waals surface area contributed by atoms with E-state index in [1.165, 1.54) is 33.9 Å². The molecule has 1 atom stereocenters. The second kappa shape index (κ2) is 7.03. The summed E-state index contributed by atoms with van der Waals surface area (Å²) in [4.78, 5) is 28.0. The monoisotopic (exact) mass is 423 g/mol. The fourth-order valence-electron chi connectivity index (χ4n) is 3.67. The predicted molar refractivity (Wildman–Crippen MR) is 109 cm³/mol. The molecule has 9 heteroatoms. The number of nitrogens with zero attached hydrogens (tertiary/aromatic N) is 3. The van der Waals surface area contributed by atoms with Crippen molar-refractivity contribution in [3.63, 3.8) is 0 Å². The van der Waals surface area contributed by atoms with Gasteiger partial charge in [-0.15, -0.1) is 10.2 Å². The largest absolute Gasteiger partial charge is 0.494 e. The van der Waals surface area contributed by atoms with E-state index >= 15 is 0 Å². The highest BCUT2D eigenvalue weighted by Crippen LogP contribution is 2.42. The van der Waals surface area contributed by atoms with Crippen LogP contribution in [0.5, 0.6) is 5.75 Å². The van der Waals surface area contributed by atoms with Gasteiger partial charge in [0.1, 0.15) is 22.7 Å². The van der Waals surface area contributed by atoms with E-state index < -0.39 is 23.2 Å². The Kier molecular flexibility index (Phi) is 4.32. The van der Waals surface area contributed by atoms with Crippen LogP contribution in [0.25, 0.3) is 11.0 Å². The predicted octanol–water partition coefficient (Wildman–Crippen LogP) is 3.93. The number of halogens is 1. The van der Waals surface area contributed by atoms with Gasteiger partial charge in [0.25, 0.3) is 5.91 Å². The Balaban J connectivity index is 1.80. The first-order valence-corrected chi connectivity index (χ1v) is 10.0. The summed E-state index contributed by atoms with van der Waals surface area (Å²) < 4.78 is 25.2. The van der Waals surface area contributed by atoms with Crippen molar-refractivity contribution in [2.45, 2.75) is 13.0 Å². The van der Waals surface area contributed by atoms with Gasteiger partial charge < -0.3 is 9.15 Å². The van der Waals surface area contributed by atoms with E-state index in [0.717, 1.165) is 6.07 Å². The molecular formula is C21H14FN3O4S. The summed E-state index contributed by atoms with van der Waals surface area (Å²) in [5, 5.41) is 8.24. The number of carbonyl (C=O) groups excluding carboxylic acids is 1. The van der Waals surface area contributed by atoms with Crippen molar-refractivity contribution in [2.75, 3.05) is 11.5 Å². The number of aromatic nitrogens is 2. The number of rotatable bonds is 4. The highest BCUT2D eigenvalue weighted by molar-refractivity contribution is 7.13. The van der Waals surface area contributed by atoms with E-state index in [4.69, 9.17) is 9.15 Å². The highest BCUT2D eigenvalue weighted by Gasteiger charge is 2.45. The molecule has 0 radical (unpaired) electrons. The van der Waals surface area contributed by atoms with E-state index in [-0.39, 0.29) is 22.3 Å². The van der Waals surface area contributed by atoms with Crippen LogP contribution in [0.1, 0.15) is 34.6 Å². The molecular weight excluding hydrogens is 409 g/mol. The Bertz CT molecular complexity index is 1340. The third-order valence-electron chi connectivity index (χ3n) is 4.87. The first-order chi connectivity index (χ1) is 14.6. The Morgan fingerprint density at radius 2 is 2.10 bits per heavy atom. The third kappa shape index (κ3) is 2.78. The lowest BCUT2D eigenvalue weighted by molar-refractivity contribution is 0.0970. The van der Waals surface area contributed by atoms with Crippen molar-refractivity contribution in [3.05, 3.63) is 80.9 Å². The minimum absolute atomic E-state index is 0.0756. The van der Waals surface area contributed by atoms with Gasteiger partial charge in [-0.1, -0.05) is 23.5 Å². The van der Waals surface area contributed by atoms with Crippen molar-refractivity contribution >= 4 is 33.3 Å². The zero-order valence-corrected chi connectivity index (χ0v) is 16.5. The molecule has 2 aromatic carbocycles. The van der Waals surface area contributed by atoms with Crippen molar-refractivity contribution in [3.8, 4) is 5.75 Å².